The molecule has 2 aromatic rings. The van der Waals surface area contributed by atoms with Gasteiger partial charge in [-0.05, 0) is 30.3 Å². The zero-order valence-corrected chi connectivity index (χ0v) is 8.88. The lowest BCUT2D eigenvalue weighted by molar-refractivity contribution is 0.271. The van der Waals surface area contributed by atoms with Crippen LogP contribution in [0.15, 0.2) is 53.5 Å². The van der Waals surface area contributed by atoms with Gasteiger partial charge in [0.25, 0.3) is 5.56 Å². The second-order valence-corrected chi connectivity index (χ2v) is 3.26. The largest absolute Gasteiger partial charge is 0.284 e. The first-order valence-corrected chi connectivity index (χ1v) is 4.88. The van der Waals surface area contributed by atoms with Gasteiger partial charge in [0, 0.05) is 18.0 Å². The van der Waals surface area contributed by atoms with E-state index in [2.05, 4.69) is 5.48 Å². The van der Waals surface area contributed by atoms with Crippen molar-refractivity contribution in [2.24, 2.45) is 0 Å². The van der Waals surface area contributed by atoms with E-state index in [4.69, 9.17) is 4.84 Å². The molecule has 16 heavy (non-hydrogen) atoms. The van der Waals surface area contributed by atoms with Crippen LogP contribution in [0.1, 0.15) is 0 Å². The van der Waals surface area contributed by atoms with Crippen LogP contribution >= 0.6 is 0 Å². The first-order valence-electron chi connectivity index (χ1n) is 4.88. The molecule has 1 aromatic carbocycles. The van der Waals surface area contributed by atoms with E-state index in [-0.39, 0.29) is 5.56 Å². The maximum atomic E-state index is 11.6. The van der Waals surface area contributed by atoms with E-state index in [0.29, 0.717) is 0 Å². The van der Waals surface area contributed by atoms with Crippen LogP contribution in [0.4, 0.5) is 5.69 Å². The van der Waals surface area contributed by atoms with Gasteiger partial charge in [0.1, 0.15) is 0 Å². The Labute approximate surface area is 93.1 Å². The van der Waals surface area contributed by atoms with E-state index in [9.17, 15) is 4.79 Å². The Hall–Kier alpha value is -2.07. The maximum absolute atomic E-state index is 11.6. The van der Waals surface area contributed by atoms with Gasteiger partial charge in [-0.25, -0.2) is 0 Å². The first kappa shape index (κ1) is 10.4. The molecule has 0 atom stereocenters. The minimum absolute atomic E-state index is 0.0463. The SMILES string of the molecule is CONc1ccc(-n2ccccc2=O)cc1. The summed E-state index contributed by atoms with van der Waals surface area (Å²) in [6, 6.07) is 12.5. The van der Waals surface area contributed by atoms with Gasteiger partial charge in [-0.15, -0.1) is 0 Å². The molecule has 1 heterocycles. The molecule has 0 aliphatic rings. The smallest absolute Gasteiger partial charge is 0.255 e. The number of rotatable bonds is 3. The average molecular weight is 216 g/mol. The second kappa shape index (κ2) is 4.63. The highest BCUT2D eigenvalue weighted by Crippen LogP contribution is 2.11. The van der Waals surface area contributed by atoms with Gasteiger partial charge in [0.15, 0.2) is 0 Å². The average Bonchev–Trinajstić information content (AvgIpc) is 2.31. The first-order chi connectivity index (χ1) is 7.81. The molecule has 4 heteroatoms. The summed E-state index contributed by atoms with van der Waals surface area (Å²) in [7, 11) is 1.55. The molecule has 0 radical (unpaired) electrons. The van der Waals surface area contributed by atoms with E-state index in [1.54, 1.807) is 23.9 Å². The van der Waals surface area contributed by atoms with Gasteiger partial charge < -0.3 is 0 Å². The predicted molar refractivity (Wildman–Crippen MR) is 62.7 cm³/mol. The molecule has 0 saturated carbocycles. The van der Waals surface area contributed by atoms with Crippen molar-refractivity contribution < 1.29 is 4.84 Å². The number of nitrogens with zero attached hydrogens (tertiary/aromatic N) is 1. The van der Waals surface area contributed by atoms with E-state index in [0.717, 1.165) is 11.4 Å². The fraction of sp³-hybridized carbons (Fsp3) is 0.0833. The van der Waals surface area contributed by atoms with Crippen molar-refractivity contribution in [3.05, 3.63) is 59.0 Å². The Morgan fingerprint density at radius 1 is 1.12 bits per heavy atom. The molecule has 0 amide bonds. The van der Waals surface area contributed by atoms with Crippen LogP contribution in [0.5, 0.6) is 0 Å². The standard InChI is InChI=1S/C12H12N2O2/c1-16-13-10-5-7-11(8-6-10)14-9-3-2-4-12(14)15/h2-9,13H,1H3. The molecule has 0 aliphatic heterocycles. The van der Waals surface area contributed by atoms with Crippen molar-refractivity contribution in [1.82, 2.24) is 4.57 Å². The third-order valence-electron chi connectivity index (χ3n) is 2.19. The molecule has 1 aromatic heterocycles. The summed E-state index contributed by atoms with van der Waals surface area (Å²) in [6.07, 6.45) is 1.74. The molecule has 0 saturated heterocycles. The summed E-state index contributed by atoms with van der Waals surface area (Å²) in [5, 5.41) is 0. The van der Waals surface area contributed by atoms with Crippen molar-refractivity contribution in [3.8, 4) is 5.69 Å². The Morgan fingerprint density at radius 2 is 1.88 bits per heavy atom. The Bertz CT molecular complexity index is 517. The summed E-state index contributed by atoms with van der Waals surface area (Å²) >= 11 is 0. The van der Waals surface area contributed by atoms with Crippen LogP contribution in [0.3, 0.4) is 0 Å². The van der Waals surface area contributed by atoms with Crippen LogP contribution in [0.25, 0.3) is 5.69 Å². The lowest BCUT2D eigenvalue weighted by atomic mass is 10.3. The van der Waals surface area contributed by atoms with Gasteiger partial charge in [0.05, 0.1) is 12.8 Å². The van der Waals surface area contributed by atoms with Crippen molar-refractivity contribution in [3.63, 3.8) is 0 Å². The third kappa shape index (κ3) is 2.12. The van der Waals surface area contributed by atoms with Crippen molar-refractivity contribution in [1.29, 1.82) is 0 Å². The molecule has 0 fully saturated rings. The van der Waals surface area contributed by atoms with Crippen LogP contribution in [-0.4, -0.2) is 11.7 Å². The fourth-order valence-electron chi connectivity index (χ4n) is 1.45. The topological polar surface area (TPSA) is 43.3 Å². The zero-order chi connectivity index (χ0) is 11.4. The molecule has 2 rings (SSSR count). The monoisotopic (exact) mass is 216 g/mol. The molecule has 0 unspecified atom stereocenters. The lowest BCUT2D eigenvalue weighted by Crippen LogP contribution is -2.15. The van der Waals surface area contributed by atoms with Gasteiger partial charge >= 0.3 is 0 Å². The number of hydrogen-bond acceptors (Lipinski definition) is 3. The van der Waals surface area contributed by atoms with Gasteiger partial charge in [-0.2, -0.15) is 0 Å². The van der Waals surface area contributed by atoms with Crippen LogP contribution in [-0.2, 0) is 4.84 Å². The maximum Gasteiger partial charge on any atom is 0.255 e. The molecule has 0 spiro atoms. The fourth-order valence-corrected chi connectivity index (χ4v) is 1.45. The Balaban J connectivity index is 2.35. The zero-order valence-electron chi connectivity index (χ0n) is 8.88. The number of hydrogen-bond donors (Lipinski definition) is 1. The number of benzene rings is 1. The molecule has 82 valence electrons. The van der Waals surface area contributed by atoms with Gasteiger partial charge in [-0.3, -0.25) is 19.7 Å². The van der Waals surface area contributed by atoms with Crippen molar-refractivity contribution >= 4 is 5.69 Å². The van der Waals surface area contributed by atoms with Crippen LogP contribution in [0, 0.1) is 0 Å². The Kier molecular flexibility index (Phi) is 3.03. The highest BCUT2D eigenvalue weighted by Gasteiger charge is 1.97. The summed E-state index contributed by atoms with van der Waals surface area (Å²) in [6.45, 7) is 0. The normalized spacial score (nSPS) is 10.1. The minimum Gasteiger partial charge on any atom is -0.284 e. The molecule has 0 bridgehead atoms. The molecule has 1 N–H and O–H groups in total. The second-order valence-electron chi connectivity index (χ2n) is 3.26. The molecular formula is C12H12N2O2. The number of anilines is 1. The Morgan fingerprint density at radius 3 is 2.50 bits per heavy atom. The number of nitrogens with one attached hydrogen (secondary N) is 1. The predicted octanol–water partition coefficient (Wildman–Crippen LogP) is 1.81. The quantitative estimate of drug-likeness (QED) is 0.796. The van der Waals surface area contributed by atoms with Crippen LogP contribution < -0.4 is 11.0 Å². The van der Waals surface area contributed by atoms with Crippen molar-refractivity contribution in [2.45, 2.75) is 0 Å². The van der Waals surface area contributed by atoms with E-state index < -0.39 is 0 Å². The van der Waals surface area contributed by atoms with E-state index >= 15 is 0 Å². The summed E-state index contributed by atoms with van der Waals surface area (Å²) in [4.78, 5) is 16.3. The number of pyridine rings is 1. The third-order valence-corrected chi connectivity index (χ3v) is 2.19. The minimum atomic E-state index is -0.0463. The van der Waals surface area contributed by atoms with Gasteiger partial charge in [-0.1, -0.05) is 6.07 Å². The summed E-state index contributed by atoms with van der Waals surface area (Å²) in [5.74, 6) is 0. The lowest BCUT2D eigenvalue weighted by Gasteiger charge is -2.06. The van der Waals surface area contributed by atoms with Crippen molar-refractivity contribution in [2.75, 3.05) is 12.6 Å². The highest BCUT2D eigenvalue weighted by molar-refractivity contribution is 5.47. The molecular weight excluding hydrogens is 204 g/mol. The van der Waals surface area contributed by atoms with Gasteiger partial charge in [0.2, 0.25) is 0 Å². The summed E-state index contributed by atoms with van der Waals surface area (Å²) < 4.78 is 1.58. The number of aromatic nitrogens is 1. The highest BCUT2D eigenvalue weighted by atomic mass is 16.6. The van der Waals surface area contributed by atoms with E-state index in [1.807, 2.05) is 30.3 Å². The molecule has 4 nitrogen and oxygen atoms in total. The van der Waals surface area contributed by atoms with Crippen LogP contribution in [0.2, 0.25) is 0 Å². The summed E-state index contributed by atoms with van der Waals surface area (Å²) in [5.41, 5.74) is 4.34. The van der Waals surface area contributed by atoms with E-state index in [1.165, 1.54) is 6.07 Å². The molecule has 0 aliphatic carbocycles.